The van der Waals surface area contributed by atoms with Crippen molar-refractivity contribution in [2.24, 2.45) is 5.92 Å². The zero-order valence-corrected chi connectivity index (χ0v) is 16.1. The molecule has 1 aromatic carbocycles. The molecule has 2 aromatic rings. The van der Waals surface area contributed by atoms with E-state index in [4.69, 9.17) is 0 Å². The van der Waals surface area contributed by atoms with E-state index in [0.717, 1.165) is 50.2 Å². The smallest absolute Gasteiger partial charge is 0.120 e. The van der Waals surface area contributed by atoms with E-state index in [0.29, 0.717) is 6.04 Å². The molecule has 0 bridgehead atoms. The highest BCUT2D eigenvalue weighted by atomic mass is 16.3. The standard InChI is InChI=1S/C23H29N3O/c1-2-25-16-18(14-20(25)15-24)17-26-13-12-23(27,19-8-4-3-5-9-19)21-10-6-7-11-22(21)26/h3-5,8-9,14,16,21-22,27H,2,6-7,10-13,17H2,1H3/t21-,22-,23+/m0/s1. The zero-order valence-electron chi connectivity index (χ0n) is 16.1. The highest BCUT2D eigenvalue weighted by molar-refractivity contribution is 5.29. The van der Waals surface area contributed by atoms with Crippen LogP contribution in [0.15, 0.2) is 42.6 Å². The third kappa shape index (κ3) is 3.31. The molecule has 1 N–H and O–H groups in total. The van der Waals surface area contributed by atoms with E-state index in [2.05, 4.69) is 36.2 Å². The van der Waals surface area contributed by atoms with Crippen molar-refractivity contribution in [1.29, 1.82) is 5.26 Å². The van der Waals surface area contributed by atoms with Crippen LogP contribution in [0.5, 0.6) is 0 Å². The first-order chi connectivity index (χ1) is 13.2. The number of nitrogens with zero attached hydrogens (tertiary/aromatic N) is 3. The Bertz CT molecular complexity index is 822. The maximum Gasteiger partial charge on any atom is 0.120 e. The molecule has 0 unspecified atom stereocenters. The number of rotatable bonds is 4. The number of fused-ring (bicyclic) bond motifs is 1. The largest absolute Gasteiger partial charge is 0.385 e. The Labute approximate surface area is 162 Å². The Morgan fingerprint density at radius 2 is 2.00 bits per heavy atom. The molecular formula is C23H29N3O. The van der Waals surface area contributed by atoms with Gasteiger partial charge >= 0.3 is 0 Å². The van der Waals surface area contributed by atoms with Crippen LogP contribution < -0.4 is 0 Å². The van der Waals surface area contributed by atoms with Gasteiger partial charge in [0.05, 0.1) is 5.60 Å². The van der Waals surface area contributed by atoms with Crippen molar-refractivity contribution in [1.82, 2.24) is 9.47 Å². The second-order valence-corrected chi connectivity index (χ2v) is 8.10. The second kappa shape index (κ2) is 7.50. The summed E-state index contributed by atoms with van der Waals surface area (Å²) < 4.78 is 2.03. The quantitative estimate of drug-likeness (QED) is 0.892. The molecule has 4 nitrogen and oxygen atoms in total. The minimum atomic E-state index is -0.712. The van der Waals surface area contributed by atoms with Crippen LogP contribution in [0.3, 0.4) is 0 Å². The van der Waals surface area contributed by atoms with Gasteiger partial charge in [-0.1, -0.05) is 43.2 Å². The van der Waals surface area contributed by atoms with Crippen LogP contribution in [0.4, 0.5) is 0 Å². The zero-order chi connectivity index (χ0) is 18.9. The lowest BCUT2D eigenvalue weighted by Gasteiger charge is -2.52. The molecule has 1 aliphatic heterocycles. The molecule has 0 radical (unpaired) electrons. The topological polar surface area (TPSA) is 52.2 Å². The minimum absolute atomic E-state index is 0.283. The summed E-state index contributed by atoms with van der Waals surface area (Å²) in [4.78, 5) is 2.55. The van der Waals surface area contributed by atoms with Gasteiger partial charge in [-0.05, 0) is 43.4 Å². The van der Waals surface area contributed by atoms with Crippen LogP contribution in [0, 0.1) is 17.2 Å². The van der Waals surface area contributed by atoms with Gasteiger partial charge < -0.3 is 9.67 Å². The maximum absolute atomic E-state index is 11.7. The first-order valence-corrected chi connectivity index (χ1v) is 10.3. The third-order valence-corrected chi connectivity index (χ3v) is 6.66. The number of nitriles is 1. The minimum Gasteiger partial charge on any atom is -0.385 e. The van der Waals surface area contributed by atoms with Crippen LogP contribution in [0.1, 0.15) is 55.8 Å². The highest BCUT2D eigenvalue weighted by Crippen LogP contribution is 2.47. The lowest BCUT2D eigenvalue weighted by Crippen LogP contribution is -2.57. The van der Waals surface area contributed by atoms with Gasteiger partial charge in [0.2, 0.25) is 0 Å². The van der Waals surface area contributed by atoms with Crippen LogP contribution in [-0.4, -0.2) is 27.2 Å². The maximum atomic E-state index is 11.7. The number of likely N-dealkylation sites (tertiary alicyclic amines) is 1. The van der Waals surface area contributed by atoms with Crippen LogP contribution >= 0.6 is 0 Å². The monoisotopic (exact) mass is 363 g/mol. The average molecular weight is 364 g/mol. The van der Waals surface area contributed by atoms with Crippen molar-refractivity contribution in [2.45, 2.75) is 63.8 Å². The summed E-state index contributed by atoms with van der Waals surface area (Å²) in [6.45, 7) is 4.66. The van der Waals surface area contributed by atoms with Gasteiger partial charge in [-0.15, -0.1) is 0 Å². The van der Waals surface area contributed by atoms with Crippen molar-refractivity contribution >= 4 is 0 Å². The number of benzene rings is 1. The number of aryl methyl sites for hydroxylation is 1. The van der Waals surface area contributed by atoms with E-state index in [1.54, 1.807) is 0 Å². The summed E-state index contributed by atoms with van der Waals surface area (Å²) in [7, 11) is 0. The van der Waals surface area contributed by atoms with Crippen LogP contribution in [0.25, 0.3) is 0 Å². The van der Waals surface area contributed by atoms with Gasteiger partial charge in [0.15, 0.2) is 0 Å². The fourth-order valence-corrected chi connectivity index (χ4v) is 5.30. The first-order valence-electron chi connectivity index (χ1n) is 10.3. The Morgan fingerprint density at radius 1 is 1.22 bits per heavy atom. The Balaban J connectivity index is 1.59. The molecule has 0 amide bonds. The number of hydrogen-bond acceptors (Lipinski definition) is 3. The molecular weight excluding hydrogens is 334 g/mol. The predicted octanol–water partition coefficient (Wildman–Crippen LogP) is 4.03. The van der Waals surface area contributed by atoms with Gasteiger partial charge in [-0.25, -0.2) is 0 Å². The summed E-state index contributed by atoms with van der Waals surface area (Å²) >= 11 is 0. The SMILES string of the molecule is CCn1cc(CN2CC[C@@](O)(c3ccccc3)[C@H]3CCCC[C@@H]32)cc1C#N. The van der Waals surface area contributed by atoms with Crippen molar-refractivity contribution in [3.8, 4) is 6.07 Å². The molecule has 1 saturated heterocycles. The lowest BCUT2D eigenvalue weighted by atomic mass is 9.66. The third-order valence-electron chi connectivity index (χ3n) is 6.66. The Kier molecular flexibility index (Phi) is 5.08. The first kappa shape index (κ1) is 18.3. The van der Waals surface area contributed by atoms with Crippen LogP contribution in [0.2, 0.25) is 0 Å². The molecule has 1 aliphatic carbocycles. The fourth-order valence-electron chi connectivity index (χ4n) is 5.30. The van der Waals surface area contributed by atoms with E-state index in [9.17, 15) is 10.4 Å². The van der Waals surface area contributed by atoms with E-state index in [1.807, 2.05) is 28.8 Å². The normalized spacial score (nSPS) is 28.5. The molecule has 4 heteroatoms. The molecule has 0 spiro atoms. The molecule has 4 rings (SSSR count). The average Bonchev–Trinajstić information content (AvgIpc) is 3.13. The number of aliphatic hydroxyl groups is 1. The molecule has 1 aromatic heterocycles. The number of hydrogen-bond donors (Lipinski definition) is 1. The predicted molar refractivity (Wildman–Crippen MR) is 106 cm³/mol. The highest BCUT2D eigenvalue weighted by Gasteiger charge is 2.48. The number of piperidine rings is 1. The number of aromatic nitrogens is 1. The summed E-state index contributed by atoms with van der Waals surface area (Å²) in [6.07, 6.45) is 7.58. The summed E-state index contributed by atoms with van der Waals surface area (Å²) in [6, 6.07) is 15.0. The Morgan fingerprint density at radius 3 is 2.70 bits per heavy atom. The van der Waals surface area contributed by atoms with E-state index in [-0.39, 0.29) is 5.92 Å². The van der Waals surface area contributed by atoms with E-state index in [1.165, 1.54) is 18.4 Å². The van der Waals surface area contributed by atoms with Crippen molar-refractivity contribution in [3.05, 3.63) is 59.4 Å². The molecule has 142 valence electrons. The molecule has 3 atom stereocenters. The molecule has 1 saturated carbocycles. The van der Waals surface area contributed by atoms with Gasteiger partial charge in [-0.2, -0.15) is 5.26 Å². The van der Waals surface area contributed by atoms with Gasteiger partial charge in [0, 0.05) is 37.8 Å². The summed E-state index contributed by atoms with van der Waals surface area (Å²) in [5.74, 6) is 0.283. The van der Waals surface area contributed by atoms with Crippen molar-refractivity contribution in [2.75, 3.05) is 6.54 Å². The second-order valence-electron chi connectivity index (χ2n) is 8.10. The van der Waals surface area contributed by atoms with E-state index >= 15 is 0 Å². The van der Waals surface area contributed by atoms with Crippen molar-refractivity contribution < 1.29 is 5.11 Å². The van der Waals surface area contributed by atoms with Crippen molar-refractivity contribution in [3.63, 3.8) is 0 Å². The molecule has 2 aliphatic rings. The van der Waals surface area contributed by atoms with Crippen LogP contribution in [-0.2, 0) is 18.7 Å². The fraction of sp³-hybridized carbons (Fsp3) is 0.522. The van der Waals surface area contributed by atoms with Gasteiger partial charge in [0.25, 0.3) is 0 Å². The van der Waals surface area contributed by atoms with Gasteiger partial charge in [-0.3, -0.25) is 4.90 Å². The molecule has 27 heavy (non-hydrogen) atoms. The molecule has 2 heterocycles. The molecule has 2 fully saturated rings. The van der Waals surface area contributed by atoms with Gasteiger partial charge in [0.1, 0.15) is 11.8 Å². The summed E-state index contributed by atoms with van der Waals surface area (Å²) in [5.41, 5.74) is 2.31. The summed E-state index contributed by atoms with van der Waals surface area (Å²) in [5, 5.41) is 21.0. The van der Waals surface area contributed by atoms with E-state index < -0.39 is 5.60 Å². The Hall–Kier alpha value is -2.09. The lowest BCUT2D eigenvalue weighted by molar-refractivity contribution is -0.123.